The van der Waals surface area contributed by atoms with Crippen molar-refractivity contribution in [1.82, 2.24) is 24.8 Å². The van der Waals surface area contributed by atoms with Crippen molar-refractivity contribution in [3.8, 4) is 28.7 Å². The molecule has 4 aromatic carbocycles. The van der Waals surface area contributed by atoms with Gasteiger partial charge < -0.3 is 28.7 Å². The normalized spacial score (nSPS) is 19.0. The number of hydrogen-bond acceptors (Lipinski definition) is 10. The number of methoxy groups -OCH3 is 4. The molecule has 0 unspecified atom stereocenters. The number of likely N-dealkylation sites (tertiary alicyclic amines) is 2. The van der Waals surface area contributed by atoms with Gasteiger partial charge in [-0.3, -0.25) is 19.4 Å². The molecule has 2 aliphatic carbocycles. The van der Waals surface area contributed by atoms with Crippen molar-refractivity contribution in [3.05, 3.63) is 112 Å². The quantitative estimate of drug-likeness (QED) is 0.0834. The number of amides is 2. The lowest BCUT2D eigenvalue weighted by molar-refractivity contribution is 0.0967. The number of aromatic nitrogens is 3. The molecule has 13 nitrogen and oxygen atoms in total. The molecule has 2 amide bonds. The standard InChI is InChI=1S/C29H37N5O3.C27H35IN2O3/c1-36-27-14-13-23(18-28(27)37-2)29(35)33(24-10-6-11-25(19-24)34-17-15-30-31-34)21-26-12-7-16-32(26)20-22-8-4-3-5-9-22;1-32-25-14-13-21(16-26(25)33-2)27(31)30(23-11-6-10-22(28)17-23)19-24-12-7-15-29(24)18-20-8-4-3-5-9-20/h6,10-11,13-15,17-19,22,26H,3-5,7-9,12,16,20-21H2,1-2H3;6,10-11,13-14,16-17,20,24H,3-5,7-9,12,15,18-19H2,1-2H3/t26-;24-/m00/s1. The third-order valence-corrected chi connectivity index (χ3v) is 15.6. The van der Waals surface area contributed by atoms with E-state index in [1.165, 1.54) is 83.6 Å². The van der Waals surface area contributed by atoms with Gasteiger partial charge in [0.1, 0.15) is 0 Å². The fourth-order valence-electron chi connectivity index (χ4n) is 11.2. The van der Waals surface area contributed by atoms with Crippen LogP contribution in [0.1, 0.15) is 111 Å². The fraction of sp³-hybridized carbons (Fsp3) is 0.500. The summed E-state index contributed by atoms with van der Waals surface area (Å²) in [6.45, 7) is 5.92. The largest absolute Gasteiger partial charge is 0.493 e. The first-order chi connectivity index (χ1) is 34.2. The Hall–Kier alpha value is -5.19. The van der Waals surface area contributed by atoms with E-state index in [9.17, 15) is 9.59 Å². The van der Waals surface area contributed by atoms with E-state index in [0.717, 1.165) is 64.9 Å². The van der Waals surface area contributed by atoms with Crippen molar-refractivity contribution >= 4 is 45.8 Å². The molecule has 0 N–H and O–H groups in total. The summed E-state index contributed by atoms with van der Waals surface area (Å²) in [5.74, 6) is 3.89. The minimum absolute atomic E-state index is 0.00229. The van der Waals surface area contributed by atoms with E-state index < -0.39 is 0 Å². The number of carbonyl (C=O) groups excluding carboxylic acids is 2. The Balaban J connectivity index is 0.000000190. The van der Waals surface area contributed by atoms with E-state index in [1.807, 2.05) is 70.6 Å². The molecule has 0 spiro atoms. The Kier molecular flexibility index (Phi) is 18.5. The number of hydrogen-bond donors (Lipinski definition) is 0. The van der Waals surface area contributed by atoms with Crippen LogP contribution in [0.3, 0.4) is 0 Å². The zero-order valence-electron chi connectivity index (χ0n) is 41.6. The lowest BCUT2D eigenvalue weighted by Crippen LogP contribution is -2.45. The molecule has 3 heterocycles. The minimum atomic E-state index is -0.0544. The predicted octanol–water partition coefficient (Wildman–Crippen LogP) is 11.0. The molecule has 70 heavy (non-hydrogen) atoms. The SMILES string of the molecule is COc1ccc(C(=O)N(C[C@@H]2CCCN2CC2CCCCC2)c2cccc(-n3ccnn3)c2)cc1OC.COc1ccc(C(=O)N(C[C@@H]2CCCN2CC2CCCCC2)c2cccc(I)c2)cc1OC. The first-order valence-electron chi connectivity index (χ1n) is 25.5. The second-order valence-corrected chi connectivity index (χ2v) is 20.7. The number of benzene rings is 4. The minimum Gasteiger partial charge on any atom is -0.493 e. The Morgan fingerprint density at radius 2 is 1.06 bits per heavy atom. The molecule has 14 heteroatoms. The van der Waals surface area contributed by atoms with E-state index in [0.29, 0.717) is 59.3 Å². The van der Waals surface area contributed by atoms with Gasteiger partial charge in [-0.05, 0) is 172 Å². The van der Waals surface area contributed by atoms with Crippen molar-refractivity contribution in [1.29, 1.82) is 0 Å². The summed E-state index contributed by atoms with van der Waals surface area (Å²) in [4.78, 5) is 37.1. The number of anilines is 2. The van der Waals surface area contributed by atoms with Gasteiger partial charge >= 0.3 is 0 Å². The van der Waals surface area contributed by atoms with Crippen LogP contribution in [-0.2, 0) is 0 Å². The molecule has 9 rings (SSSR count). The van der Waals surface area contributed by atoms with Crippen LogP contribution < -0.4 is 28.7 Å². The topological polar surface area (TPSA) is 115 Å². The Morgan fingerprint density at radius 3 is 1.51 bits per heavy atom. The number of nitrogens with zero attached hydrogens (tertiary/aromatic N) is 7. The second kappa shape index (κ2) is 25.3. The number of halogens is 1. The first kappa shape index (κ1) is 51.2. The first-order valence-corrected chi connectivity index (χ1v) is 26.6. The van der Waals surface area contributed by atoms with E-state index >= 15 is 0 Å². The maximum absolute atomic E-state index is 14.1. The summed E-state index contributed by atoms with van der Waals surface area (Å²) in [5.41, 5.74) is 3.85. The molecular formula is C56H72IN7O6. The van der Waals surface area contributed by atoms with Crippen LogP contribution in [0.25, 0.3) is 5.69 Å². The van der Waals surface area contributed by atoms with Gasteiger partial charge in [-0.2, -0.15) is 0 Å². The molecule has 2 saturated heterocycles. The van der Waals surface area contributed by atoms with Crippen LogP contribution in [0.15, 0.2) is 97.3 Å². The highest BCUT2D eigenvalue weighted by molar-refractivity contribution is 14.1. The van der Waals surface area contributed by atoms with Crippen LogP contribution >= 0.6 is 22.6 Å². The van der Waals surface area contributed by atoms with Crippen molar-refractivity contribution in [2.75, 3.05) is 77.5 Å². The van der Waals surface area contributed by atoms with Gasteiger partial charge in [0.15, 0.2) is 23.0 Å². The highest BCUT2D eigenvalue weighted by Crippen LogP contribution is 2.34. The Bertz CT molecular complexity index is 2460. The Labute approximate surface area is 428 Å². The molecule has 4 aliphatic rings. The van der Waals surface area contributed by atoms with Crippen molar-refractivity contribution in [2.24, 2.45) is 11.8 Å². The smallest absolute Gasteiger partial charge is 0.258 e. The van der Waals surface area contributed by atoms with E-state index in [4.69, 9.17) is 18.9 Å². The highest BCUT2D eigenvalue weighted by atomic mass is 127. The predicted molar refractivity (Wildman–Crippen MR) is 285 cm³/mol. The Morgan fingerprint density at radius 1 is 0.571 bits per heavy atom. The summed E-state index contributed by atoms with van der Waals surface area (Å²) < 4.78 is 24.6. The average Bonchev–Trinajstić information content (AvgIpc) is 4.21. The molecule has 2 aliphatic heterocycles. The molecule has 5 aromatic rings. The number of rotatable bonds is 17. The third-order valence-electron chi connectivity index (χ3n) is 14.9. The maximum Gasteiger partial charge on any atom is 0.258 e. The molecule has 0 bridgehead atoms. The summed E-state index contributed by atoms with van der Waals surface area (Å²) in [7, 11) is 6.40. The summed E-state index contributed by atoms with van der Waals surface area (Å²) in [6, 6.07) is 27.7. The van der Waals surface area contributed by atoms with Crippen LogP contribution in [0.2, 0.25) is 0 Å². The van der Waals surface area contributed by atoms with Gasteiger partial charge in [-0.25, -0.2) is 4.68 Å². The van der Waals surface area contributed by atoms with Gasteiger partial charge in [0.05, 0.1) is 46.5 Å². The summed E-state index contributed by atoms with van der Waals surface area (Å²) in [5, 5.41) is 8.08. The lowest BCUT2D eigenvalue weighted by atomic mass is 9.89. The molecule has 4 fully saturated rings. The van der Waals surface area contributed by atoms with Gasteiger partial charge in [0, 0.05) is 64.3 Å². The zero-order chi connectivity index (χ0) is 48.8. The highest BCUT2D eigenvalue weighted by Gasteiger charge is 2.33. The van der Waals surface area contributed by atoms with Crippen molar-refractivity contribution < 1.29 is 28.5 Å². The fourth-order valence-corrected chi connectivity index (χ4v) is 11.7. The number of carbonyl (C=O) groups is 2. The van der Waals surface area contributed by atoms with E-state index in [-0.39, 0.29) is 11.8 Å². The number of ether oxygens (including phenoxy) is 4. The molecule has 374 valence electrons. The maximum atomic E-state index is 14.1. The van der Waals surface area contributed by atoms with Crippen LogP contribution in [0.4, 0.5) is 11.4 Å². The van der Waals surface area contributed by atoms with E-state index in [2.05, 4.69) is 54.8 Å². The molecular weight excluding hydrogens is 994 g/mol. The summed E-state index contributed by atoms with van der Waals surface area (Å²) in [6.07, 6.45) is 21.7. The van der Waals surface area contributed by atoms with Gasteiger partial charge in [-0.15, -0.1) is 5.10 Å². The molecule has 2 atom stereocenters. The van der Waals surface area contributed by atoms with Crippen molar-refractivity contribution in [2.45, 2.75) is 102 Å². The van der Waals surface area contributed by atoms with Crippen LogP contribution in [0, 0.1) is 15.4 Å². The average molecular weight is 1070 g/mol. The van der Waals surface area contributed by atoms with Crippen LogP contribution in [0.5, 0.6) is 23.0 Å². The molecule has 2 saturated carbocycles. The monoisotopic (exact) mass is 1070 g/mol. The van der Waals surface area contributed by atoms with Crippen molar-refractivity contribution in [3.63, 3.8) is 0 Å². The second-order valence-electron chi connectivity index (χ2n) is 19.4. The molecule has 1 aromatic heterocycles. The van der Waals surface area contributed by atoms with Gasteiger partial charge in [0.2, 0.25) is 0 Å². The molecule has 0 radical (unpaired) electrons. The third kappa shape index (κ3) is 13.0. The van der Waals surface area contributed by atoms with Gasteiger partial charge in [0.25, 0.3) is 11.8 Å². The van der Waals surface area contributed by atoms with Gasteiger partial charge in [-0.1, -0.05) is 55.9 Å². The van der Waals surface area contributed by atoms with E-state index in [1.54, 1.807) is 57.5 Å². The zero-order valence-corrected chi connectivity index (χ0v) is 43.8. The van der Waals surface area contributed by atoms with Crippen LogP contribution in [-0.4, -0.2) is 116 Å². The lowest BCUT2D eigenvalue weighted by Gasteiger charge is -2.34. The summed E-state index contributed by atoms with van der Waals surface area (Å²) >= 11 is 2.32.